The molecular weight excluding hydrogens is 316 g/mol. The van der Waals surface area contributed by atoms with E-state index in [-0.39, 0.29) is 18.7 Å². The van der Waals surface area contributed by atoms with Gasteiger partial charge in [-0.1, -0.05) is 46.0 Å². The third-order valence-electron chi connectivity index (χ3n) is 5.93. The van der Waals surface area contributed by atoms with E-state index in [1.54, 1.807) is 0 Å². The molecule has 2 rings (SSSR count). The second-order valence-corrected chi connectivity index (χ2v) is 8.01. The van der Waals surface area contributed by atoms with Crippen molar-refractivity contribution in [2.24, 2.45) is 17.8 Å². The third kappa shape index (κ3) is 5.23. The molecule has 0 radical (unpaired) electrons. The summed E-state index contributed by atoms with van der Waals surface area (Å²) >= 11 is 0. The van der Waals surface area contributed by atoms with Crippen LogP contribution in [0.25, 0.3) is 0 Å². The van der Waals surface area contributed by atoms with Crippen molar-refractivity contribution < 1.29 is 17.6 Å². The molecule has 0 bridgehead atoms. The van der Waals surface area contributed by atoms with Crippen LogP contribution in [-0.4, -0.2) is 18.5 Å². The molecule has 24 heavy (non-hydrogen) atoms. The second kappa shape index (κ2) is 9.24. The Labute approximate surface area is 144 Å². The van der Waals surface area contributed by atoms with Gasteiger partial charge in [-0.3, -0.25) is 0 Å². The molecule has 1 saturated carbocycles. The van der Waals surface area contributed by atoms with Gasteiger partial charge in [0.2, 0.25) is 0 Å². The van der Waals surface area contributed by atoms with Crippen LogP contribution in [0.2, 0.25) is 0 Å². The second-order valence-electron chi connectivity index (χ2n) is 8.01. The van der Waals surface area contributed by atoms with Crippen LogP contribution in [-0.2, 0) is 0 Å². The van der Waals surface area contributed by atoms with Gasteiger partial charge in [0, 0.05) is 6.42 Å². The SMILES string of the molecule is CCCC(C)CCC[C@H]1CCC(C2CC(F)C(F)C(F)C2)=C(F)C1. The molecule has 0 heterocycles. The van der Waals surface area contributed by atoms with Crippen molar-refractivity contribution in [1.82, 2.24) is 0 Å². The summed E-state index contributed by atoms with van der Waals surface area (Å²) in [4.78, 5) is 0. The average Bonchev–Trinajstić information content (AvgIpc) is 2.52. The van der Waals surface area contributed by atoms with E-state index in [2.05, 4.69) is 13.8 Å². The molecule has 4 atom stereocenters. The van der Waals surface area contributed by atoms with Crippen molar-refractivity contribution in [3.63, 3.8) is 0 Å². The maximum absolute atomic E-state index is 14.5. The Morgan fingerprint density at radius 2 is 1.75 bits per heavy atom. The van der Waals surface area contributed by atoms with E-state index in [4.69, 9.17) is 0 Å². The quantitative estimate of drug-likeness (QED) is 0.433. The minimum absolute atomic E-state index is 0.0659. The number of hydrogen-bond donors (Lipinski definition) is 0. The highest BCUT2D eigenvalue weighted by atomic mass is 19.2. The lowest BCUT2D eigenvalue weighted by Crippen LogP contribution is -2.38. The van der Waals surface area contributed by atoms with Crippen LogP contribution in [0.15, 0.2) is 11.4 Å². The van der Waals surface area contributed by atoms with Gasteiger partial charge in [-0.05, 0) is 49.0 Å². The summed E-state index contributed by atoms with van der Waals surface area (Å²) in [6.07, 6.45) is 1.93. The fraction of sp³-hybridized carbons (Fsp3) is 0.900. The molecule has 3 unspecified atom stereocenters. The van der Waals surface area contributed by atoms with Gasteiger partial charge < -0.3 is 0 Å². The number of alkyl halides is 3. The molecule has 0 aliphatic heterocycles. The van der Waals surface area contributed by atoms with E-state index in [1.165, 1.54) is 19.3 Å². The highest BCUT2D eigenvalue weighted by Crippen LogP contribution is 2.43. The predicted octanol–water partition coefficient (Wildman–Crippen LogP) is 7.04. The molecule has 0 aromatic heterocycles. The standard InChI is InChI=1S/C20H32F4/c1-3-5-13(2)6-4-7-14-8-9-16(17(21)10-14)15-11-18(22)20(24)19(23)12-15/h13-15,18-20H,3-12H2,1-2H3/t13?,14-,15?,18?,19?,20?/m0/s1. The van der Waals surface area contributed by atoms with Crippen LogP contribution < -0.4 is 0 Å². The van der Waals surface area contributed by atoms with Crippen molar-refractivity contribution in [2.75, 3.05) is 0 Å². The lowest BCUT2D eigenvalue weighted by Gasteiger charge is -2.34. The largest absolute Gasteiger partial charge is 0.244 e. The van der Waals surface area contributed by atoms with Gasteiger partial charge in [-0.2, -0.15) is 0 Å². The summed E-state index contributed by atoms with van der Waals surface area (Å²) in [5.74, 6) is 0.456. The van der Waals surface area contributed by atoms with Gasteiger partial charge in [0.25, 0.3) is 0 Å². The Kier molecular flexibility index (Phi) is 7.61. The number of hydrogen-bond acceptors (Lipinski definition) is 0. The van der Waals surface area contributed by atoms with Crippen molar-refractivity contribution in [2.45, 2.75) is 96.6 Å². The van der Waals surface area contributed by atoms with Gasteiger partial charge in [0.1, 0.15) is 12.3 Å². The number of rotatable bonds is 7. The van der Waals surface area contributed by atoms with E-state index >= 15 is 0 Å². The topological polar surface area (TPSA) is 0 Å². The minimum atomic E-state index is -2.04. The zero-order chi connectivity index (χ0) is 17.7. The molecule has 0 nitrogen and oxygen atoms in total. The smallest absolute Gasteiger partial charge is 0.162 e. The first kappa shape index (κ1) is 19.8. The van der Waals surface area contributed by atoms with Gasteiger partial charge >= 0.3 is 0 Å². The molecule has 0 amide bonds. The summed E-state index contributed by atoms with van der Waals surface area (Å²) in [6, 6.07) is 0. The van der Waals surface area contributed by atoms with Crippen LogP contribution in [0.4, 0.5) is 17.6 Å². The minimum Gasteiger partial charge on any atom is -0.244 e. The molecule has 2 aliphatic rings. The van der Waals surface area contributed by atoms with Crippen LogP contribution >= 0.6 is 0 Å². The Morgan fingerprint density at radius 3 is 2.33 bits per heavy atom. The first-order valence-corrected chi connectivity index (χ1v) is 9.71. The van der Waals surface area contributed by atoms with Gasteiger partial charge in [0.15, 0.2) is 6.17 Å². The Hall–Kier alpha value is -0.540. The molecule has 0 N–H and O–H groups in total. The zero-order valence-corrected chi connectivity index (χ0v) is 15.0. The Balaban J connectivity index is 1.83. The van der Waals surface area contributed by atoms with E-state index < -0.39 is 24.4 Å². The van der Waals surface area contributed by atoms with Crippen LogP contribution in [0.5, 0.6) is 0 Å². The first-order valence-electron chi connectivity index (χ1n) is 9.71. The Bertz CT molecular complexity index is 408. The summed E-state index contributed by atoms with van der Waals surface area (Å²) in [6.45, 7) is 4.46. The van der Waals surface area contributed by atoms with E-state index in [0.717, 1.165) is 25.2 Å². The highest BCUT2D eigenvalue weighted by molar-refractivity contribution is 5.18. The van der Waals surface area contributed by atoms with E-state index in [0.29, 0.717) is 24.3 Å². The molecule has 4 heteroatoms. The van der Waals surface area contributed by atoms with Gasteiger partial charge in [-0.15, -0.1) is 0 Å². The van der Waals surface area contributed by atoms with Crippen LogP contribution in [0.3, 0.4) is 0 Å². The van der Waals surface area contributed by atoms with Crippen LogP contribution in [0.1, 0.15) is 78.1 Å². The molecule has 140 valence electrons. The van der Waals surface area contributed by atoms with Crippen LogP contribution in [0, 0.1) is 17.8 Å². The first-order chi connectivity index (χ1) is 11.4. The van der Waals surface area contributed by atoms with Crippen molar-refractivity contribution in [3.05, 3.63) is 11.4 Å². The van der Waals surface area contributed by atoms with E-state index in [1.807, 2.05) is 0 Å². The van der Waals surface area contributed by atoms with Crippen molar-refractivity contribution >= 4 is 0 Å². The van der Waals surface area contributed by atoms with E-state index in [9.17, 15) is 17.6 Å². The number of halogens is 4. The fourth-order valence-corrected chi connectivity index (χ4v) is 4.46. The molecule has 0 saturated heterocycles. The van der Waals surface area contributed by atoms with Gasteiger partial charge in [-0.25, -0.2) is 17.6 Å². The molecule has 0 aromatic rings. The lowest BCUT2D eigenvalue weighted by atomic mass is 9.74. The average molecular weight is 348 g/mol. The molecule has 2 aliphatic carbocycles. The zero-order valence-electron chi connectivity index (χ0n) is 15.0. The van der Waals surface area contributed by atoms with Crippen molar-refractivity contribution in [3.8, 4) is 0 Å². The number of allylic oxidation sites excluding steroid dienone is 2. The highest BCUT2D eigenvalue weighted by Gasteiger charge is 2.41. The normalized spacial score (nSPS) is 36.0. The molecule has 0 aromatic carbocycles. The lowest BCUT2D eigenvalue weighted by molar-refractivity contribution is 0.0238. The Morgan fingerprint density at radius 1 is 1.08 bits per heavy atom. The summed E-state index contributed by atoms with van der Waals surface area (Å²) in [7, 11) is 0. The molecule has 0 spiro atoms. The predicted molar refractivity (Wildman–Crippen MR) is 90.8 cm³/mol. The third-order valence-corrected chi connectivity index (χ3v) is 5.93. The maximum Gasteiger partial charge on any atom is 0.162 e. The maximum atomic E-state index is 14.5. The fourth-order valence-electron chi connectivity index (χ4n) is 4.46. The monoisotopic (exact) mass is 348 g/mol. The van der Waals surface area contributed by atoms with Crippen molar-refractivity contribution in [1.29, 1.82) is 0 Å². The summed E-state index contributed by atoms with van der Waals surface area (Å²) < 4.78 is 54.9. The van der Waals surface area contributed by atoms with Gasteiger partial charge in [0.05, 0.1) is 5.83 Å². The summed E-state index contributed by atoms with van der Waals surface area (Å²) in [5, 5.41) is 0. The molecule has 1 fully saturated rings. The molecular formula is C20H32F4. The summed E-state index contributed by atoms with van der Waals surface area (Å²) in [5.41, 5.74) is 0.572.